The number of carbonyl (C=O) groups excluding carboxylic acids is 2. The van der Waals surface area contributed by atoms with Gasteiger partial charge < -0.3 is 14.4 Å². The summed E-state index contributed by atoms with van der Waals surface area (Å²) in [6, 6.07) is 15.1. The molecule has 1 spiro atoms. The molecule has 2 aliphatic rings. The number of nitrogens with zero attached hydrogens (tertiary/aromatic N) is 1. The summed E-state index contributed by atoms with van der Waals surface area (Å²) in [6.07, 6.45) is 1.02. The molecular formula is C21H21NO4. The Balaban J connectivity index is 1.86. The molecule has 0 radical (unpaired) electrons. The van der Waals surface area contributed by atoms with E-state index >= 15 is 0 Å². The Morgan fingerprint density at radius 3 is 2.58 bits per heavy atom. The molecule has 2 aromatic rings. The van der Waals surface area contributed by atoms with Gasteiger partial charge in [0.1, 0.15) is 5.75 Å². The van der Waals surface area contributed by atoms with Crippen molar-refractivity contribution in [2.75, 3.05) is 18.6 Å². The fourth-order valence-electron chi connectivity index (χ4n) is 4.12. The normalized spacial score (nSPS) is 24.1. The van der Waals surface area contributed by atoms with Crippen LogP contribution < -0.4 is 9.64 Å². The summed E-state index contributed by atoms with van der Waals surface area (Å²) >= 11 is 0. The smallest absolute Gasteiger partial charge is 0.308 e. The molecule has 5 heteroatoms. The Labute approximate surface area is 152 Å². The van der Waals surface area contributed by atoms with Gasteiger partial charge in [0, 0.05) is 18.0 Å². The van der Waals surface area contributed by atoms with Crippen molar-refractivity contribution in [1.29, 1.82) is 0 Å². The summed E-state index contributed by atoms with van der Waals surface area (Å²) in [6.45, 7) is 2.63. The standard InChI is InChI=1S/C21H21NO4/c1-3-12-22-18-7-5-4-6-16(18)21(20(22)24)17(13-19(23)26-21)14-8-10-15(25-2)11-9-14/h4-11,17H,3,12-13H2,1-2H3/t17-,21-/m1/s1. The number of hydrogen-bond donors (Lipinski definition) is 0. The molecule has 2 aliphatic heterocycles. The van der Waals surface area contributed by atoms with Crippen molar-refractivity contribution in [3.05, 3.63) is 59.7 Å². The molecule has 134 valence electrons. The van der Waals surface area contributed by atoms with Gasteiger partial charge in [-0.3, -0.25) is 9.59 Å². The molecule has 0 aliphatic carbocycles. The highest BCUT2D eigenvalue weighted by Crippen LogP contribution is 2.55. The van der Waals surface area contributed by atoms with Crippen LogP contribution in [0.3, 0.4) is 0 Å². The van der Waals surface area contributed by atoms with Crippen molar-refractivity contribution in [3.8, 4) is 5.75 Å². The van der Waals surface area contributed by atoms with Gasteiger partial charge in [-0.05, 0) is 30.2 Å². The number of benzene rings is 2. The highest BCUT2D eigenvalue weighted by Gasteiger charge is 2.62. The second kappa shape index (κ2) is 6.16. The average molecular weight is 351 g/mol. The summed E-state index contributed by atoms with van der Waals surface area (Å²) < 4.78 is 11.0. The number of hydrogen-bond acceptors (Lipinski definition) is 4. The van der Waals surface area contributed by atoms with Crippen molar-refractivity contribution in [2.24, 2.45) is 0 Å². The monoisotopic (exact) mass is 351 g/mol. The third-order valence-corrected chi connectivity index (χ3v) is 5.26. The van der Waals surface area contributed by atoms with Crippen molar-refractivity contribution in [3.63, 3.8) is 0 Å². The number of amides is 1. The first-order valence-electron chi connectivity index (χ1n) is 8.89. The van der Waals surface area contributed by atoms with E-state index in [4.69, 9.17) is 9.47 Å². The lowest BCUT2D eigenvalue weighted by Gasteiger charge is -2.29. The minimum absolute atomic E-state index is 0.146. The van der Waals surface area contributed by atoms with E-state index in [1.54, 1.807) is 12.0 Å². The van der Waals surface area contributed by atoms with Crippen molar-refractivity contribution in [2.45, 2.75) is 31.3 Å². The first kappa shape index (κ1) is 16.6. The van der Waals surface area contributed by atoms with Crippen LogP contribution in [-0.4, -0.2) is 25.5 Å². The van der Waals surface area contributed by atoms with E-state index in [1.165, 1.54) is 0 Å². The molecule has 1 amide bonds. The summed E-state index contributed by atoms with van der Waals surface area (Å²) in [5.74, 6) is -0.102. The number of fused-ring (bicyclic) bond motifs is 2. The molecule has 4 rings (SSSR count). The van der Waals surface area contributed by atoms with Crippen LogP contribution in [0.4, 0.5) is 5.69 Å². The molecular weight excluding hydrogens is 330 g/mol. The van der Waals surface area contributed by atoms with E-state index in [0.717, 1.165) is 29.0 Å². The predicted octanol–water partition coefficient (Wildman–Crippen LogP) is 3.38. The summed E-state index contributed by atoms with van der Waals surface area (Å²) in [5.41, 5.74) is 1.26. The SMILES string of the molecule is CCCN1C(=O)[C@@]2(OC(=O)C[C@@H]2c2ccc(OC)cc2)c2ccccc21. The van der Waals surface area contributed by atoms with Gasteiger partial charge in [0.05, 0.1) is 19.2 Å². The lowest BCUT2D eigenvalue weighted by molar-refractivity contribution is -0.157. The number of esters is 1. The van der Waals surface area contributed by atoms with Gasteiger partial charge in [0.2, 0.25) is 5.60 Å². The van der Waals surface area contributed by atoms with Gasteiger partial charge in [0.25, 0.3) is 5.91 Å². The maximum absolute atomic E-state index is 13.5. The second-order valence-electron chi connectivity index (χ2n) is 6.71. The molecule has 2 heterocycles. The minimum atomic E-state index is -1.27. The Morgan fingerprint density at radius 2 is 1.88 bits per heavy atom. The quantitative estimate of drug-likeness (QED) is 0.793. The number of carbonyl (C=O) groups is 2. The van der Waals surface area contributed by atoms with E-state index in [-0.39, 0.29) is 24.2 Å². The Morgan fingerprint density at radius 1 is 1.15 bits per heavy atom. The van der Waals surface area contributed by atoms with Crippen LogP contribution in [0.1, 0.15) is 36.8 Å². The zero-order chi connectivity index (χ0) is 18.3. The van der Waals surface area contributed by atoms with Crippen LogP contribution in [0.2, 0.25) is 0 Å². The topological polar surface area (TPSA) is 55.8 Å². The molecule has 0 saturated carbocycles. The third kappa shape index (κ3) is 2.23. The second-order valence-corrected chi connectivity index (χ2v) is 6.71. The van der Waals surface area contributed by atoms with Crippen LogP contribution in [0.15, 0.2) is 48.5 Å². The highest BCUT2D eigenvalue weighted by atomic mass is 16.6. The van der Waals surface area contributed by atoms with E-state index in [0.29, 0.717) is 6.54 Å². The molecule has 0 aromatic heterocycles. The Bertz CT molecular complexity index is 861. The summed E-state index contributed by atoms with van der Waals surface area (Å²) in [5, 5.41) is 0. The van der Waals surface area contributed by atoms with Crippen molar-refractivity contribution in [1.82, 2.24) is 0 Å². The molecule has 26 heavy (non-hydrogen) atoms. The molecule has 0 N–H and O–H groups in total. The molecule has 1 fully saturated rings. The average Bonchev–Trinajstić information content (AvgIpc) is 3.14. The zero-order valence-electron chi connectivity index (χ0n) is 14.9. The van der Waals surface area contributed by atoms with Gasteiger partial charge in [-0.2, -0.15) is 0 Å². The fourth-order valence-corrected chi connectivity index (χ4v) is 4.12. The number of methoxy groups -OCH3 is 1. The molecule has 1 saturated heterocycles. The van der Waals surface area contributed by atoms with Crippen molar-refractivity contribution < 1.29 is 19.1 Å². The van der Waals surface area contributed by atoms with Crippen LogP contribution in [0, 0.1) is 0 Å². The van der Waals surface area contributed by atoms with E-state index in [2.05, 4.69) is 0 Å². The molecule has 2 aromatic carbocycles. The van der Waals surface area contributed by atoms with Crippen LogP contribution in [0.5, 0.6) is 5.75 Å². The van der Waals surface area contributed by atoms with E-state index in [1.807, 2.05) is 55.5 Å². The number of rotatable bonds is 4. The lowest BCUT2D eigenvalue weighted by atomic mass is 9.78. The Kier molecular flexibility index (Phi) is 3.94. The maximum atomic E-state index is 13.5. The highest BCUT2D eigenvalue weighted by molar-refractivity contribution is 6.10. The number of ether oxygens (including phenoxy) is 2. The van der Waals surface area contributed by atoms with Gasteiger partial charge in [-0.1, -0.05) is 37.3 Å². The van der Waals surface area contributed by atoms with Gasteiger partial charge in [-0.25, -0.2) is 0 Å². The third-order valence-electron chi connectivity index (χ3n) is 5.26. The number of anilines is 1. The summed E-state index contributed by atoms with van der Waals surface area (Å²) in [4.78, 5) is 27.5. The fraction of sp³-hybridized carbons (Fsp3) is 0.333. The largest absolute Gasteiger partial charge is 0.497 e. The van der Waals surface area contributed by atoms with Crippen LogP contribution in [-0.2, 0) is 19.9 Å². The van der Waals surface area contributed by atoms with Gasteiger partial charge in [-0.15, -0.1) is 0 Å². The van der Waals surface area contributed by atoms with Gasteiger partial charge >= 0.3 is 5.97 Å². The van der Waals surface area contributed by atoms with Crippen LogP contribution >= 0.6 is 0 Å². The van der Waals surface area contributed by atoms with E-state index < -0.39 is 5.60 Å². The van der Waals surface area contributed by atoms with Gasteiger partial charge in [0.15, 0.2) is 0 Å². The van der Waals surface area contributed by atoms with Crippen molar-refractivity contribution >= 4 is 17.6 Å². The maximum Gasteiger partial charge on any atom is 0.308 e. The number of para-hydroxylation sites is 1. The predicted molar refractivity (Wildman–Crippen MR) is 97.2 cm³/mol. The molecule has 5 nitrogen and oxygen atoms in total. The molecule has 2 atom stereocenters. The first-order valence-corrected chi connectivity index (χ1v) is 8.89. The van der Waals surface area contributed by atoms with E-state index in [9.17, 15) is 9.59 Å². The first-order chi connectivity index (χ1) is 12.6. The zero-order valence-corrected chi connectivity index (χ0v) is 14.9. The molecule has 0 unspecified atom stereocenters. The van der Waals surface area contributed by atoms with Crippen LogP contribution in [0.25, 0.3) is 0 Å². The summed E-state index contributed by atoms with van der Waals surface area (Å²) in [7, 11) is 1.61. The molecule has 0 bridgehead atoms. The Hall–Kier alpha value is -2.82. The lowest BCUT2D eigenvalue weighted by Crippen LogP contribution is -2.43. The minimum Gasteiger partial charge on any atom is -0.497 e.